The lowest BCUT2D eigenvalue weighted by Gasteiger charge is -2.14. The van der Waals surface area contributed by atoms with Crippen LogP contribution in [0.2, 0.25) is 0 Å². The van der Waals surface area contributed by atoms with Gasteiger partial charge in [0.2, 0.25) is 0 Å². The molecule has 0 spiro atoms. The molecule has 5 heteroatoms. The van der Waals surface area contributed by atoms with Crippen LogP contribution in [0.5, 0.6) is 5.75 Å². The summed E-state index contributed by atoms with van der Waals surface area (Å²) in [6.45, 7) is 6.74. The van der Waals surface area contributed by atoms with E-state index >= 15 is 0 Å². The predicted molar refractivity (Wildman–Crippen MR) is 84.6 cm³/mol. The van der Waals surface area contributed by atoms with Gasteiger partial charge in [-0.1, -0.05) is 13.8 Å². The summed E-state index contributed by atoms with van der Waals surface area (Å²) in [7, 11) is 4.15. The third-order valence-corrected chi connectivity index (χ3v) is 3.51. The number of ether oxygens (including phenoxy) is 1. The molecule has 0 aliphatic heterocycles. The number of hydrogen-bond acceptors (Lipinski definition) is 5. The van der Waals surface area contributed by atoms with E-state index in [0.717, 1.165) is 36.8 Å². The van der Waals surface area contributed by atoms with Crippen LogP contribution in [-0.2, 0) is 6.54 Å². The van der Waals surface area contributed by atoms with E-state index in [1.54, 1.807) is 0 Å². The zero-order chi connectivity index (χ0) is 15.2. The molecule has 1 aliphatic rings. The molecule has 5 nitrogen and oxygen atoms in total. The van der Waals surface area contributed by atoms with Gasteiger partial charge in [-0.3, -0.25) is 0 Å². The van der Waals surface area contributed by atoms with Crippen LogP contribution < -0.4 is 10.1 Å². The highest BCUT2D eigenvalue weighted by atomic mass is 16.5. The van der Waals surface area contributed by atoms with Gasteiger partial charge in [-0.25, -0.2) is 9.97 Å². The Labute approximate surface area is 128 Å². The summed E-state index contributed by atoms with van der Waals surface area (Å²) in [6, 6.07) is 0.670. The number of hydrogen-bond donors (Lipinski definition) is 1. The van der Waals surface area contributed by atoms with Gasteiger partial charge in [0.1, 0.15) is 5.82 Å². The van der Waals surface area contributed by atoms with E-state index in [9.17, 15) is 0 Å². The zero-order valence-electron chi connectivity index (χ0n) is 13.7. The predicted octanol–water partition coefficient (Wildman–Crippen LogP) is 2.18. The average Bonchev–Trinajstić information content (AvgIpc) is 3.25. The first kappa shape index (κ1) is 16.2. The van der Waals surface area contributed by atoms with Gasteiger partial charge in [0.25, 0.3) is 0 Å². The second-order valence-corrected chi connectivity index (χ2v) is 6.35. The number of aromatic nitrogens is 2. The van der Waals surface area contributed by atoms with Crippen LogP contribution in [-0.4, -0.2) is 48.2 Å². The Morgan fingerprint density at radius 1 is 1.38 bits per heavy atom. The molecular formula is C16H28N4O. The molecule has 0 unspecified atom stereocenters. The van der Waals surface area contributed by atoms with Gasteiger partial charge in [0.15, 0.2) is 5.75 Å². The highest BCUT2D eigenvalue weighted by Gasteiger charge is 2.21. The SMILES string of the molecule is CC(C)c1ncc(OCCCN(C)C)c(CNC2CC2)n1. The Bertz CT molecular complexity index is 444. The van der Waals surface area contributed by atoms with Crippen molar-refractivity contribution in [1.82, 2.24) is 20.2 Å². The van der Waals surface area contributed by atoms with Crippen LogP contribution >= 0.6 is 0 Å². The molecule has 1 fully saturated rings. The van der Waals surface area contributed by atoms with Crippen LogP contribution in [0.15, 0.2) is 6.20 Å². The fourth-order valence-corrected chi connectivity index (χ4v) is 2.04. The molecule has 1 aromatic heterocycles. The number of nitrogens with one attached hydrogen (secondary N) is 1. The smallest absolute Gasteiger partial charge is 0.160 e. The van der Waals surface area contributed by atoms with Gasteiger partial charge in [-0.2, -0.15) is 0 Å². The van der Waals surface area contributed by atoms with E-state index in [1.165, 1.54) is 12.8 Å². The van der Waals surface area contributed by atoms with Crippen LogP contribution in [0.25, 0.3) is 0 Å². The zero-order valence-corrected chi connectivity index (χ0v) is 13.7. The maximum absolute atomic E-state index is 5.88. The maximum atomic E-state index is 5.88. The standard InChI is InChI=1S/C16H28N4O/c1-12(2)16-18-11-15(21-9-5-8-20(3)4)14(19-16)10-17-13-6-7-13/h11-13,17H,5-10H2,1-4H3. The van der Waals surface area contributed by atoms with Gasteiger partial charge >= 0.3 is 0 Å². The molecule has 1 N–H and O–H groups in total. The molecule has 1 heterocycles. The molecule has 2 rings (SSSR count). The van der Waals surface area contributed by atoms with Gasteiger partial charge in [0, 0.05) is 25.0 Å². The molecule has 0 bridgehead atoms. The monoisotopic (exact) mass is 292 g/mol. The lowest BCUT2D eigenvalue weighted by molar-refractivity contribution is 0.276. The molecule has 1 aliphatic carbocycles. The second-order valence-electron chi connectivity index (χ2n) is 6.35. The first-order valence-electron chi connectivity index (χ1n) is 7.93. The summed E-state index contributed by atoms with van der Waals surface area (Å²) >= 11 is 0. The van der Waals surface area contributed by atoms with Gasteiger partial charge in [-0.15, -0.1) is 0 Å². The highest BCUT2D eigenvalue weighted by Crippen LogP contribution is 2.22. The van der Waals surface area contributed by atoms with Crippen molar-refractivity contribution in [3.63, 3.8) is 0 Å². The summed E-state index contributed by atoms with van der Waals surface area (Å²) in [4.78, 5) is 11.3. The first-order valence-corrected chi connectivity index (χ1v) is 7.93. The fourth-order valence-electron chi connectivity index (χ4n) is 2.04. The molecule has 1 saturated carbocycles. The van der Waals surface area contributed by atoms with Crippen molar-refractivity contribution >= 4 is 0 Å². The quantitative estimate of drug-likeness (QED) is 0.707. The van der Waals surface area contributed by atoms with E-state index in [-0.39, 0.29) is 0 Å². The highest BCUT2D eigenvalue weighted by molar-refractivity contribution is 5.25. The van der Waals surface area contributed by atoms with Crippen molar-refractivity contribution in [1.29, 1.82) is 0 Å². The Morgan fingerprint density at radius 2 is 2.14 bits per heavy atom. The summed E-state index contributed by atoms with van der Waals surface area (Å²) in [5.41, 5.74) is 0.991. The Hall–Kier alpha value is -1.20. The minimum Gasteiger partial charge on any atom is -0.490 e. The largest absolute Gasteiger partial charge is 0.490 e. The summed E-state index contributed by atoms with van der Waals surface area (Å²) in [5.74, 6) is 2.06. The van der Waals surface area contributed by atoms with Crippen LogP contribution in [0.3, 0.4) is 0 Å². The van der Waals surface area contributed by atoms with Crippen molar-refractivity contribution in [3.05, 3.63) is 17.7 Å². The summed E-state index contributed by atoms with van der Waals surface area (Å²) < 4.78 is 5.88. The summed E-state index contributed by atoms with van der Waals surface area (Å²) in [5, 5.41) is 3.51. The van der Waals surface area contributed by atoms with E-state index in [1.807, 2.05) is 6.20 Å². The molecule has 0 radical (unpaired) electrons. The Kier molecular flexibility index (Phi) is 5.94. The van der Waals surface area contributed by atoms with Gasteiger partial charge in [-0.05, 0) is 33.4 Å². The minimum atomic E-state index is 0.340. The molecule has 0 amide bonds. The minimum absolute atomic E-state index is 0.340. The van der Waals surface area contributed by atoms with E-state index in [2.05, 4.69) is 48.1 Å². The average molecular weight is 292 g/mol. The van der Waals surface area contributed by atoms with Gasteiger partial charge < -0.3 is 15.0 Å². The van der Waals surface area contributed by atoms with Crippen molar-refractivity contribution in [2.45, 2.75) is 51.6 Å². The molecule has 0 atom stereocenters. The van der Waals surface area contributed by atoms with Gasteiger partial charge in [0.05, 0.1) is 18.5 Å². The fraction of sp³-hybridized carbons (Fsp3) is 0.750. The van der Waals surface area contributed by atoms with Crippen LogP contribution in [0, 0.1) is 0 Å². The third-order valence-electron chi connectivity index (χ3n) is 3.51. The van der Waals surface area contributed by atoms with E-state index < -0.39 is 0 Å². The molecular weight excluding hydrogens is 264 g/mol. The first-order chi connectivity index (χ1) is 10.1. The van der Waals surface area contributed by atoms with Crippen molar-refractivity contribution in [3.8, 4) is 5.75 Å². The molecule has 21 heavy (non-hydrogen) atoms. The van der Waals surface area contributed by atoms with Crippen molar-refractivity contribution in [2.75, 3.05) is 27.2 Å². The molecule has 118 valence electrons. The molecule has 1 aromatic rings. The number of rotatable bonds is 9. The second kappa shape index (κ2) is 7.71. The Morgan fingerprint density at radius 3 is 2.76 bits per heavy atom. The van der Waals surface area contributed by atoms with Crippen molar-refractivity contribution in [2.24, 2.45) is 0 Å². The topological polar surface area (TPSA) is 50.3 Å². The third kappa shape index (κ3) is 5.59. The van der Waals surface area contributed by atoms with Crippen LogP contribution in [0.1, 0.15) is 50.5 Å². The molecule has 0 aromatic carbocycles. The van der Waals surface area contributed by atoms with Crippen LogP contribution in [0.4, 0.5) is 0 Å². The molecule has 0 saturated heterocycles. The summed E-state index contributed by atoms with van der Waals surface area (Å²) in [6.07, 6.45) is 5.40. The Balaban J connectivity index is 1.95. The van der Waals surface area contributed by atoms with Crippen molar-refractivity contribution < 1.29 is 4.74 Å². The maximum Gasteiger partial charge on any atom is 0.160 e. The number of nitrogens with zero attached hydrogens (tertiary/aromatic N) is 3. The lowest BCUT2D eigenvalue weighted by Crippen LogP contribution is -2.19. The normalized spacial score (nSPS) is 15.0. The van der Waals surface area contributed by atoms with E-state index in [4.69, 9.17) is 4.74 Å². The van der Waals surface area contributed by atoms with E-state index in [0.29, 0.717) is 18.6 Å². The lowest BCUT2D eigenvalue weighted by atomic mass is 10.2.